The first-order valence-electron chi connectivity index (χ1n) is 5.97. The number of nitrogens with one attached hydrogen (secondary N) is 1. The van der Waals surface area contributed by atoms with E-state index in [4.69, 9.17) is 10.8 Å². The van der Waals surface area contributed by atoms with Crippen LogP contribution in [0.25, 0.3) is 0 Å². The Morgan fingerprint density at radius 2 is 2.41 bits per heavy atom. The molecule has 1 unspecified atom stereocenters. The van der Waals surface area contributed by atoms with Gasteiger partial charge in [-0.25, -0.2) is 0 Å². The van der Waals surface area contributed by atoms with E-state index in [1.54, 1.807) is 0 Å². The first kappa shape index (κ1) is 11.9. The molecular weight excluding hydrogens is 218 g/mol. The van der Waals surface area contributed by atoms with E-state index in [-0.39, 0.29) is 12.6 Å². The Labute approximate surface area is 101 Å². The SMILES string of the molecule is CCNc1cc(N2CCC(CO)C2)nc(N)n1. The van der Waals surface area contributed by atoms with Gasteiger partial charge in [0.15, 0.2) is 0 Å². The number of hydrogen-bond donors (Lipinski definition) is 3. The molecular formula is C11H19N5O. The molecule has 1 aliphatic rings. The van der Waals surface area contributed by atoms with E-state index in [0.717, 1.165) is 37.7 Å². The van der Waals surface area contributed by atoms with Gasteiger partial charge < -0.3 is 21.1 Å². The van der Waals surface area contributed by atoms with Gasteiger partial charge in [0.2, 0.25) is 5.95 Å². The minimum absolute atomic E-state index is 0.233. The third-order valence-electron chi connectivity index (χ3n) is 2.96. The summed E-state index contributed by atoms with van der Waals surface area (Å²) in [4.78, 5) is 10.5. The van der Waals surface area contributed by atoms with E-state index in [1.165, 1.54) is 0 Å². The van der Waals surface area contributed by atoms with Gasteiger partial charge in [0, 0.05) is 38.2 Å². The molecule has 1 atom stereocenters. The molecule has 6 heteroatoms. The molecule has 1 aromatic rings. The quantitative estimate of drug-likeness (QED) is 0.698. The van der Waals surface area contributed by atoms with Crippen molar-refractivity contribution in [2.45, 2.75) is 13.3 Å². The van der Waals surface area contributed by atoms with Gasteiger partial charge in [0.1, 0.15) is 11.6 Å². The maximum atomic E-state index is 9.13. The van der Waals surface area contributed by atoms with Crippen LogP contribution < -0.4 is 16.0 Å². The molecule has 1 saturated heterocycles. The van der Waals surface area contributed by atoms with Crippen molar-refractivity contribution in [1.82, 2.24) is 9.97 Å². The summed E-state index contributed by atoms with van der Waals surface area (Å²) in [6.45, 7) is 4.79. The van der Waals surface area contributed by atoms with Crippen LogP contribution in [-0.4, -0.2) is 41.3 Å². The number of nitrogen functional groups attached to an aromatic ring is 1. The van der Waals surface area contributed by atoms with Gasteiger partial charge >= 0.3 is 0 Å². The smallest absolute Gasteiger partial charge is 0.223 e. The molecule has 0 radical (unpaired) electrons. The molecule has 6 nitrogen and oxygen atoms in total. The molecule has 2 heterocycles. The van der Waals surface area contributed by atoms with Crippen molar-refractivity contribution in [3.8, 4) is 0 Å². The van der Waals surface area contributed by atoms with Crippen molar-refractivity contribution in [3.05, 3.63) is 6.07 Å². The first-order valence-corrected chi connectivity index (χ1v) is 5.97. The molecule has 4 N–H and O–H groups in total. The lowest BCUT2D eigenvalue weighted by Crippen LogP contribution is -2.22. The lowest BCUT2D eigenvalue weighted by molar-refractivity contribution is 0.238. The van der Waals surface area contributed by atoms with Gasteiger partial charge in [0.25, 0.3) is 0 Å². The fourth-order valence-electron chi connectivity index (χ4n) is 2.08. The molecule has 1 fully saturated rings. The molecule has 0 spiro atoms. The van der Waals surface area contributed by atoms with Crippen LogP contribution in [0.4, 0.5) is 17.6 Å². The Balaban J connectivity index is 2.15. The maximum Gasteiger partial charge on any atom is 0.223 e. The van der Waals surface area contributed by atoms with Gasteiger partial charge in [0.05, 0.1) is 0 Å². The molecule has 0 aromatic carbocycles. The summed E-state index contributed by atoms with van der Waals surface area (Å²) in [5, 5.41) is 12.3. The van der Waals surface area contributed by atoms with E-state index < -0.39 is 0 Å². The van der Waals surface area contributed by atoms with Crippen LogP contribution in [-0.2, 0) is 0 Å². The van der Waals surface area contributed by atoms with E-state index >= 15 is 0 Å². The highest BCUT2D eigenvalue weighted by molar-refractivity contribution is 5.53. The Morgan fingerprint density at radius 1 is 1.59 bits per heavy atom. The number of aromatic nitrogens is 2. The third kappa shape index (κ3) is 2.76. The Kier molecular flexibility index (Phi) is 3.63. The lowest BCUT2D eigenvalue weighted by Gasteiger charge is -2.18. The zero-order valence-corrected chi connectivity index (χ0v) is 10.1. The average molecular weight is 237 g/mol. The second kappa shape index (κ2) is 5.18. The van der Waals surface area contributed by atoms with E-state index in [9.17, 15) is 0 Å². The highest BCUT2D eigenvalue weighted by atomic mass is 16.3. The van der Waals surface area contributed by atoms with Gasteiger partial charge in [-0.3, -0.25) is 0 Å². The van der Waals surface area contributed by atoms with Gasteiger partial charge in [-0.1, -0.05) is 0 Å². The van der Waals surface area contributed by atoms with Crippen LogP contribution in [0, 0.1) is 5.92 Å². The van der Waals surface area contributed by atoms with Crippen molar-refractivity contribution in [2.75, 3.05) is 42.2 Å². The number of aliphatic hydroxyl groups excluding tert-OH is 1. The fraction of sp³-hybridized carbons (Fsp3) is 0.636. The van der Waals surface area contributed by atoms with Crippen LogP contribution in [0.3, 0.4) is 0 Å². The fourth-order valence-corrected chi connectivity index (χ4v) is 2.08. The molecule has 0 amide bonds. The van der Waals surface area contributed by atoms with Gasteiger partial charge in [-0.05, 0) is 13.3 Å². The molecule has 94 valence electrons. The molecule has 0 aliphatic carbocycles. The zero-order valence-electron chi connectivity index (χ0n) is 10.1. The van der Waals surface area contributed by atoms with Crippen molar-refractivity contribution in [1.29, 1.82) is 0 Å². The molecule has 17 heavy (non-hydrogen) atoms. The summed E-state index contributed by atoms with van der Waals surface area (Å²) in [7, 11) is 0. The minimum atomic E-state index is 0.233. The molecule has 1 aromatic heterocycles. The lowest BCUT2D eigenvalue weighted by atomic mass is 10.1. The second-order valence-corrected chi connectivity index (χ2v) is 4.28. The van der Waals surface area contributed by atoms with Crippen LogP contribution in [0.15, 0.2) is 6.07 Å². The average Bonchev–Trinajstić information content (AvgIpc) is 2.77. The minimum Gasteiger partial charge on any atom is -0.396 e. The highest BCUT2D eigenvalue weighted by Gasteiger charge is 2.23. The van der Waals surface area contributed by atoms with Gasteiger partial charge in [-0.2, -0.15) is 9.97 Å². The first-order chi connectivity index (χ1) is 8.22. The van der Waals surface area contributed by atoms with Crippen LogP contribution in [0.5, 0.6) is 0 Å². The summed E-state index contributed by atoms with van der Waals surface area (Å²) in [6, 6.07) is 1.90. The summed E-state index contributed by atoms with van der Waals surface area (Å²) < 4.78 is 0. The number of aliphatic hydroxyl groups is 1. The van der Waals surface area contributed by atoms with E-state index in [2.05, 4.69) is 20.2 Å². The Bertz CT molecular complexity index is 384. The van der Waals surface area contributed by atoms with Crippen molar-refractivity contribution in [3.63, 3.8) is 0 Å². The van der Waals surface area contributed by atoms with Crippen LogP contribution in [0.1, 0.15) is 13.3 Å². The van der Waals surface area contributed by atoms with Gasteiger partial charge in [-0.15, -0.1) is 0 Å². The number of nitrogens with two attached hydrogens (primary N) is 1. The Hall–Kier alpha value is -1.56. The van der Waals surface area contributed by atoms with Crippen molar-refractivity contribution < 1.29 is 5.11 Å². The molecule has 1 aliphatic heterocycles. The molecule has 0 saturated carbocycles. The summed E-state index contributed by atoms with van der Waals surface area (Å²) in [5.74, 6) is 2.21. The molecule has 0 bridgehead atoms. The van der Waals surface area contributed by atoms with Crippen molar-refractivity contribution >= 4 is 17.6 Å². The number of anilines is 3. The zero-order chi connectivity index (χ0) is 12.3. The topological polar surface area (TPSA) is 87.3 Å². The van der Waals surface area contributed by atoms with E-state index in [1.807, 2.05) is 13.0 Å². The number of nitrogens with zero attached hydrogens (tertiary/aromatic N) is 3. The Morgan fingerprint density at radius 3 is 3.06 bits per heavy atom. The summed E-state index contributed by atoms with van der Waals surface area (Å²) in [6.07, 6.45) is 0.997. The van der Waals surface area contributed by atoms with Crippen LogP contribution in [0.2, 0.25) is 0 Å². The van der Waals surface area contributed by atoms with Crippen molar-refractivity contribution in [2.24, 2.45) is 5.92 Å². The predicted octanol–water partition coefficient (Wildman–Crippen LogP) is 0.309. The summed E-state index contributed by atoms with van der Waals surface area (Å²) >= 11 is 0. The molecule has 2 rings (SSSR count). The maximum absolute atomic E-state index is 9.13. The third-order valence-corrected chi connectivity index (χ3v) is 2.96. The monoisotopic (exact) mass is 237 g/mol. The number of hydrogen-bond acceptors (Lipinski definition) is 6. The van der Waals surface area contributed by atoms with Crippen LogP contribution >= 0.6 is 0 Å². The summed E-state index contributed by atoms with van der Waals surface area (Å²) in [5.41, 5.74) is 5.69. The number of rotatable bonds is 4. The second-order valence-electron chi connectivity index (χ2n) is 4.28. The highest BCUT2D eigenvalue weighted by Crippen LogP contribution is 2.24. The predicted molar refractivity (Wildman–Crippen MR) is 68.0 cm³/mol. The van der Waals surface area contributed by atoms with E-state index in [0.29, 0.717) is 5.92 Å². The normalized spacial score (nSPS) is 19.6. The largest absolute Gasteiger partial charge is 0.396 e. The standard InChI is InChI=1S/C11H19N5O/c1-2-13-9-5-10(15-11(12)14-9)16-4-3-8(6-16)7-17/h5,8,17H,2-4,6-7H2,1H3,(H3,12,13,14,15).